The van der Waals surface area contributed by atoms with E-state index in [-0.39, 0.29) is 18.1 Å². The number of carbonyl (C=O) groups excluding carboxylic acids is 1. The number of aliphatic hydroxyl groups is 1. The Morgan fingerprint density at radius 3 is 2.62 bits per heavy atom. The van der Waals surface area contributed by atoms with E-state index in [9.17, 15) is 9.90 Å². The van der Waals surface area contributed by atoms with Gasteiger partial charge in [0.1, 0.15) is 0 Å². The summed E-state index contributed by atoms with van der Waals surface area (Å²) in [6, 6.07) is -0.102. The highest BCUT2D eigenvalue weighted by Gasteiger charge is 2.28. The summed E-state index contributed by atoms with van der Waals surface area (Å²) in [5.41, 5.74) is 0. The highest BCUT2D eigenvalue weighted by molar-refractivity contribution is 5.81. The third kappa shape index (κ3) is 3.19. The molecule has 1 saturated heterocycles. The monoisotopic (exact) mass is 228 g/mol. The van der Waals surface area contributed by atoms with Gasteiger partial charge in [0, 0.05) is 19.6 Å². The molecular formula is C12H24N2O2. The fraction of sp³-hybridized carbons (Fsp3) is 0.917. The Kier molecular flexibility index (Phi) is 5.22. The predicted molar refractivity (Wildman–Crippen MR) is 64.2 cm³/mol. The molecule has 1 aliphatic rings. The maximum atomic E-state index is 12.1. The van der Waals surface area contributed by atoms with Gasteiger partial charge in [0.15, 0.2) is 0 Å². The molecule has 2 atom stereocenters. The van der Waals surface area contributed by atoms with E-state index in [2.05, 4.69) is 4.90 Å². The molecule has 0 aromatic carbocycles. The Morgan fingerprint density at radius 1 is 1.50 bits per heavy atom. The number of aliphatic hydroxyl groups excluding tert-OH is 1. The summed E-state index contributed by atoms with van der Waals surface area (Å²) >= 11 is 0. The molecule has 1 heterocycles. The largest absolute Gasteiger partial charge is 0.392 e. The minimum absolute atomic E-state index is 0.102. The Balaban J connectivity index is 2.55. The molecule has 0 aromatic heterocycles. The second kappa shape index (κ2) is 6.21. The summed E-state index contributed by atoms with van der Waals surface area (Å²) in [6.45, 7) is 9.02. The minimum atomic E-state index is -0.263. The van der Waals surface area contributed by atoms with Crippen molar-refractivity contribution in [3.05, 3.63) is 0 Å². The third-order valence-corrected chi connectivity index (χ3v) is 3.41. The van der Waals surface area contributed by atoms with Gasteiger partial charge in [0.25, 0.3) is 0 Å². The van der Waals surface area contributed by atoms with Crippen LogP contribution < -0.4 is 0 Å². The van der Waals surface area contributed by atoms with Crippen LogP contribution >= 0.6 is 0 Å². The molecule has 1 amide bonds. The standard InChI is InChI=1S/C12H24N2O2/c1-4-13(5-2)12(16)10(3)14-8-6-7-11(15)9-14/h10-11,15H,4-9H2,1-3H3. The van der Waals surface area contributed by atoms with Crippen LogP contribution in [-0.2, 0) is 4.79 Å². The fourth-order valence-electron chi connectivity index (χ4n) is 2.29. The second-order valence-corrected chi connectivity index (χ2v) is 4.48. The zero-order chi connectivity index (χ0) is 12.1. The van der Waals surface area contributed by atoms with Gasteiger partial charge in [0.2, 0.25) is 5.91 Å². The smallest absolute Gasteiger partial charge is 0.239 e. The third-order valence-electron chi connectivity index (χ3n) is 3.41. The van der Waals surface area contributed by atoms with Gasteiger partial charge < -0.3 is 10.0 Å². The zero-order valence-electron chi connectivity index (χ0n) is 10.6. The number of rotatable bonds is 4. The van der Waals surface area contributed by atoms with E-state index >= 15 is 0 Å². The van der Waals surface area contributed by atoms with Gasteiger partial charge in [-0.3, -0.25) is 9.69 Å². The first-order valence-corrected chi connectivity index (χ1v) is 6.31. The molecule has 1 N–H and O–H groups in total. The van der Waals surface area contributed by atoms with Crippen LogP contribution in [0.2, 0.25) is 0 Å². The van der Waals surface area contributed by atoms with E-state index in [1.807, 2.05) is 25.7 Å². The van der Waals surface area contributed by atoms with Crippen molar-refractivity contribution in [1.82, 2.24) is 9.80 Å². The minimum Gasteiger partial charge on any atom is -0.392 e. The van der Waals surface area contributed by atoms with Gasteiger partial charge in [0.05, 0.1) is 12.1 Å². The molecule has 1 fully saturated rings. The van der Waals surface area contributed by atoms with E-state index in [0.717, 1.165) is 32.5 Å². The molecule has 1 aliphatic heterocycles. The summed E-state index contributed by atoms with van der Waals surface area (Å²) in [5, 5.41) is 9.60. The molecule has 4 nitrogen and oxygen atoms in total. The zero-order valence-corrected chi connectivity index (χ0v) is 10.6. The Labute approximate surface area is 98.2 Å². The quantitative estimate of drug-likeness (QED) is 0.770. The number of piperidine rings is 1. The van der Waals surface area contributed by atoms with Crippen LogP contribution in [-0.4, -0.2) is 59.1 Å². The van der Waals surface area contributed by atoms with E-state index in [1.54, 1.807) is 0 Å². The van der Waals surface area contributed by atoms with Crippen LogP contribution in [0.4, 0.5) is 0 Å². The summed E-state index contributed by atoms with van der Waals surface area (Å²) in [4.78, 5) is 16.1. The Hall–Kier alpha value is -0.610. The number of amides is 1. The Bertz CT molecular complexity index is 229. The van der Waals surface area contributed by atoms with Crippen LogP contribution in [0, 0.1) is 0 Å². The van der Waals surface area contributed by atoms with E-state index in [0.29, 0.717) is 6.54 Å². The van der Waals surface area contributed by atoms with Crippen LogP contribution in [0.1, 0.15) is 33.6 Å². The van der Waals surface area contributed by atoms with Gasteiger partial charge in [-0.05, 0) is 40.2 Å². The molecular weight excluding hydrogens is 204 g/mol. The van der Waals surface area contributed by atoms with Crippen molar-refractivity contribution in [2.75, 3.05) is 26.2 Å². The number of likely N-dealkylation sites (tertiary alicyclic amines) is 1. The van der Waals surface area contributed by atoms with Crippen molar-refractivity contribution in [3.8, 4) is 0 Å². The number of hydrogen-bond donors (Lipinski definition) is 1. The van der Waals surface area contributed by atoms with Crippen molar-refractivity contribution >= 4 is 5.91 Å². The molecule has 0 aliphatic carbocycles. The molecule has 94 valence electrons. The lowest BCUT2D eigenvalue weighted by Gasteiger charge is -2.36. The Morgan fingerprint density at radius 2 is 2.12 bits per heavy atom. The van der Waals surface area contributed by atoms with Gasteiger partial charge in [-0.25, -0.2) is 0 Å². The van der Waals surface area contributed by atoms with Gasteiger partial charge in [-0.1, -0.05) is 0 Å². The van der Waals surface area contributed by atoms with Crippen molar-refractivity contribution < 1.29 is 9.90 Å². The van der Waals surface area contributed by atoms with E-state index in [1.165, 1.54) is 0 Å². The van der Waals surface area contributed by atoms with E-state index < -0.39 is 0 Å². The first-order chi connectivity index (χ1) is 7.60. The van der Waals surface area contributed by atoms with Gasteiger partial charge in [-0.15, -0.1) is 0 Å². The summed E-state index contributed by atoms with van der Waals surface area (Å²) in [6.07, 6.45) is 1.58. The average Bonchev–Trinajstić information content (AvgIpc) is 2.29. The molecule has 0 aromatic rings. The summed E-state index contributed by atoms with van der Waals surface area (Å²) < 4.78 is 0. The molecule has 0 radical (unpaired) electrons. The molecule has 1 rings (SSSR count). The van der Waals surface area contributed by atoms with Crippen LogP contribution in [0.25, 0.3) is 0 Å². The topological polar surface area (TPSA) is 43.8 Å². The number of likely N-dealkylation sites (N-methyl/N-ethyl adjacent to an activating group) is 1. The lowest BCUT2D eigenvalue weighted by atomic mass is 10.1. The number of nitrogens with zero attached hydrogens (tertiary/aromatic N) is 2. The van der Waals surface area contributed by atoms with Crippen LogP contribution in [0.3, 0.4) is 0 Å². The number of hydrogen-bond acceptors (Lipinski definition) is 3. The molecule has 0 bridgehead atoms. The lowest BCUT2D eigenvalue weighted by Crippen LogP contribution is -2.51. The predicted octanol–water partition coefficient (Wildman–Crippen LogP) is 0.700. The SMILES string of the molecule is CCN(CC)C(=O)C(C)N1CCCC(O)C1. The molecule has 2 unspecified atom stereocenters. The average molecular weight is 228 g/mol. The molecule has 0 spiro atoms. The first-order valence-electron chi connectivity index (χ1n) is 6.31. The highest BCUT2D eigenvalue weighted by Crippen LogP contribution is 2.14. The normalized spacial score (nSPS) is 24.1. The molecule has 0 saturated carbocycles. The van der Waals surface area contributed by atoms with E-state index in [4.69, 9.17) is 0 Å². The molecule has 16 heavy (non-hydrogen) atoms. The van der Waals surface area contributed by atoms with Crippen LogP contribution in [0.15, 0.2) is 0 Å². The number of β-amino-alcohol motifs (C(OH)–C–C–N with tert-alkyl or cyclic N) is 1. The maximum absolute atomic E-state index is 12.1. The maximum Gasteiger partial charge on any atom is 0.239 e. The summed E-state index contributed by atoms with van der Waals surface area (Å²) in [5.74, 6) is 0.180. The highest BCUT2D eigenvalue weighted by atomic mass is 16.3. The van der Waals surface area contributed by atoms with Gasteiger partial charge >= 0.3 is 0 Å². The first kappa shape index (κ1) is 13.5. The molecule has 4 heteroatoms. The van der Waals surface area contributed by atoms with Crippen LogP contribution in [0.5, 0.6) is 0 Å². The number of carbonyl (C=O) groups is 1. The van der Waals surface area contributed by atoms with Crippen molar-refractivity contribution in [3.63, 3.8) is 0 Å². The van der Waals surface area contributed by atoms with Gasteiger partial charge in [-0.2, -0.15) is 0 Å². The second-order valence-electron chi connectivity index (χ2n) is 4.48. The fourth-order valence-corrected chi connectivity index (χ4v) is 2.29. The van der Waals surface area contributed by atoms with Crippen molar-refractivity contribution in [2.45, 2.75) is 45.8 Å². The van der Waals surface area contributed by atoms with Crippen molar-refractivity contribution in [2.24, 2.45) is 0 Å². The van der Waals surface area contributed by atoms with Crippen molar-refractivity contribution in [1.29, 1.82) is 0 Å². The lowest BCUT2D eigenvalue weighted by molar-refractivity contribution is -0.137. The summed E-state index contributed by atoms with van der Waals surface area (Å²) in [7, 11) is 0.